The average Bonchev–Trinajstić information content (AvgIpc) is 2.73. The first-order chi connectivity index (χ1) is 13.6. The molecule has 1 aliphatic carbocycles. The summed E-state index contributed by atoms with van der Waals surface area (Å²) in [6, 6.07) is 18.9. The SMILES string of the molecule is COc1ccc([C@@H](C[N+](=O)[O-])[C@H]2CCc3ccccc3C2=C(C#N)C#N)cc1. The average molecular weight is 373 g/mol. The number of benzene rings is 2. The molecular formula is C22H19N3O3. The van der Waals surface area contributed by atoms with Gasteiger partial charge >= 0.3 is 0 Å². The lowest BCUT2D eigenvalue weighted by molar-refractivity contribution is -0.484. The smallest absolute Gasteiger partial charge is 0.211 e. The summed E-state index contributed by atoms with van der Waals surface area (Å²) in [7, 11) is 1.56. The van der Waals surface area contributed by atoms with Crippen LogP contribution in [0.1, 0.15) is 29.0 Å². The highest BCUT2D eigenvalue weighted by molar-refractivity contribution is 5.80. The van der Waals surface area contributed by atoms with Gasteiger partial charge < -0.3 is 4.74 Å². The van der Waals surface area contributed by atoms with Gasteiger partial charge in [0, 0.05) is 4.92 Å². The minimum absolute atomic E-state index is 0.0269. The molecule has 0 N–H and O–H groups in total. The lowest BCUT2D eigenvalue weighted by Crippen LogP contribution is -2.26. The number of aryl methyl sites for hydroxylation is 1. The summed E-state index contributed by atoms with van der Waals surface area (Å²) >= 11 is 0. The van der Waals surface area contributed by atoms with Gasteiger partial charge in [0.2, 0.25) is 6.54 Å². The summed E-state index contributed by atoms with van der Waals surface area (Å²) < 4.78 is 5.19. The fourth-order valence-corrected chi connectivity index (χ4v) is 4.00. The third-order valence-electron chi connectivity index (χ3n) is 5.27. The third kappa shape index (κ3) is 3.72. The number of ether oxygens (including phenoxy) is 1. The Kier molecular flexibility index (Phi) is 5.72. The quantitative estimate of drug-likeness (QED) is 0.446. The number of hydrogen-bond acceptors (Lipinski definition) is 5. The van der Waals surface area contributed by atoms with Gasteiger partial charge in [-0.2, -0.15) is 10.5 Å². The van der Waals surface area contributed by atoms with Crippen molar-refractivity contribution in [1.29, 1.82) is 10.5 Å². The van der Waals surface area contributed by atoms with Gasteiger partial charge in [-0.3, -0.25) is 10.1 Å². The van der Waals surface area contributed by atoms with Crippen LogP contribution in [0, 0.1) is 38.7 Å². The highest BCUT2D eigenvalue weighted by atomic mass is 16.6. The Hall–Kier alpha value is -3.64. The molecule has 0 bridgehead atoms. The molecule has 1 aliphatic rings. The van der Waals surface area contributed by atoms with Crippen LogP contribution < -0.4 is 4.74 Å². The predicted octanol–water partition coefficient (Wildman–Crippen LogP) is 4.12. The first-order valence-electron chi connectivity index (χ1n) is 8.97. The fraction of sp³-hybridized carbons (Fsp3) is 0.273. The molecule has 0 aliphatic heterocycles. The lowest BCUT2D eigenvalue weighted by Gasteiger charge is -2.32. The number of nitrogens with zero attached hydrogens (tertiary/aromatic N) is 3. The molecule has 0 unspecified atom stereocenters. The number of nitro groups is 1. The van der Waals surface area contributed by atoms with E-state index in [2.05, 4.69) is 0 Å². The molecule has 6 nitrogen and oxygen atoms in total. The zero-order valence-corrected chi connectivity index (χ0v) is 15.5. The molecule has 6 heteroatoms. The number of methoxy groups -OCH3 is 1. The van der Waals surface area contributed by atoms with Gasteiger partial charge in [-0.15, -0.1) is 0 Å². The number of rotatable bonds is 5. The minimum Gasteiger partial charge on any atom is -0.497 e. The van der Waals surface area contributed by atoms with Crippen LogP contribution in [0.5, 0.6) is 5.75 Å². The van der Waals surface area contributed by atoms with Gasteiger partial charge in [0.1, 0.15) is 23.5 Å². The fourth-order valence-electron chi connectivity index (χ4n) is 4.00. The van der Waals surface area contributed by atoms with Crippen LogP contribution in [0.3, 0.4) is 0 Å². The van der Waals surface area contributed by atoms with Crippen molar-refractivity contribution in [3.63, 3.8) is 0 Å². The maximum atomic E-state index is 11.4. The Morgan fingerprint density at radius 3 is 2.50 bits per heavy atom. The van der Waals surface area contributed by atoms with E-state index in [1.54, 1.807) is 19.2 Å². The van der Waals surface area contributed by atoms with Gasteiger partial charge in [0.25, 0.3) is 0 Å². The Balaban J connectivity index is 2.15. The van der Waals surface area contributed by atoms with Crippen LogP contribution in [0.2, 0.25) is 0 Å². The van der Waals surface area contributed by atoms with Crippen LogP contribution in [0.25, 0.3) is 5.57 Å². The molecule has 0 spiro atoms. The third-order valence-corrected chi connectivity index (χ3v) is 5.27. The molecule has 28 heavy (non-hydrogen) atoms. The normalized spacial score (nSPS) is 16.2. The number of fused-ring (bicyclic) bond motifs is 1. The molecule has 0 radical (unpaired) electrons. The molecule has 2 aromatic carbocycles. The van der Waals surface area contributed by atoms with E-state index < -0.39 is 5.92 Å². The molecule has 0 saturated heterocycles. The molecule has 2 atom stereocenters. The maximum Gasteiger partial charge on any atom is 0.211 e. The molecular weight excluding hydrogens is 354 g/mol. The second-order valence-corrected chi connectivity index (χ2v) is 6.71. The van der Waals surface area contributed by atoms with E-state index in [4.69, 9.17) is 4.74 Å². The molecule has 0 heterocycles. The Morgan fingerprint density at radius 1 is 1.21 bits per heavy atom. The van der Waals surface area contributed by atoms with Gasteiger partial charge in [-0.25, -0.2) is 0 Å². The van der Waals surface area contributed by atoms with Crippen molar-refractivity contribution in [3.8, 4) is 17.9 Å². The van der Waals surface area contributed by atoms with E-state index in [0.29, 0.717) is 17.7 Å². The highest BCUT2D eigenvalue weighted by Gasteiger charge is 2.36. The number of hydrogen-bond donors (Lipinski definition) is 0. The first kappa shape index (κ1) is 19.1. The van der Waals surface area contributed by atoms with Crippen LogP contribution in [-0.4, -0.2) is 18.6 Å². The topological polar surface area (TPSA) is 99.9 Å². The van der Waals surface area contributed by atoms with E-state index in [1.807, 2.05) is 48.5 Å². The van der Waals surface area contributed by atoms with Crippen molar-refractivity contribution in [2.24, 2.45) is 5.92 Å². The van der Waals surface area contributed by atoms with Crippen LogP contribution in [-0.2, 0) is 6.42 Å². The van der Waals surface area contributed by atoms with Gasteiger partial charge in [-0.05, 0) is 53.2 Å². The van der Waals surface area contributed by atoms with Crippen molar-refractivity contribution < 1.29 is 9.66 Å². The van der Waals surface area contributed by atoms with E-state index in [9.17, 15) is 20.6 Å². The summed E-state index contributed by atoms with van der Waals surface area (Å²) in [4.78, 5) is 11.1. The number of allylic oxidation sites excluding steroid dienone is 2. The summed E-state index contributed by atoms with van der Waals surface area (Å²) in [6.07, 6.45) is 1.39. The number of nitriles is 2. The maximum absolute atomic E-state index is 11.4. The second-order valence-electron chi connectivity index (χ2n) is 6.71. The zero-order chi connectivity index (χ0) is 20.1. The van der Waals surface area contributed by atoms with Crippen LogP contribution >= 0.6 is 0 Å². The Morgan fingerprint density at radius 2 is 1.89 bits per heavy atom. The lowest BCUT2D eigenvalue weighted by atomic mass is 9.70. The summed E-state index contributed by atoms with van der Waals surface area (Å²) in [5.74, 6) is -0.0629. The molecule has 0 saturated carbocycles. The zero-order valence-electron chi connectivity index (χ0n) is 15.5. The van der Waals surface area contributed by atoms with E-state index in [0.717, 1.165) is 23.1 Å². The standard InChI is InChI=1S/C22H19N3O3/c1-28-18-9-6-16(7-10-18)21(14-25(26)27)20-11-8-15-4-2-3-5-19(15)22(20)17(12-23)13-24/h2-7,9-10,20-21H,8,11,14H2,1H3/t20-,21-/m1/s1. The molecule has 0 aromatic heterocycles. The molecule has 0 amide bonds. The van der Waals surface area contributed by atoms with Gasteiger partial charge in [0.05, 0.1) is 13.0 Å². The van der Waals surface area contributed by atoms with Crippen molar-refractivity contribution in [3.05, 3.63) is 80.9 Å². The molecule has 2 aromatic rings. The van der Waals surface area contributed by atoms with Crippen LogP contribution in [0.15, 0.2) is 54.1 Å². The minimum atomic E-state index is -0.444. The van der Waals surface area contributed by atoms with Gasteiger partial charge in [-0.1, -0.05) is 36.4 Å². The Bertz CT molecular complexity index is 981. The Labute approximate surface area is 163 Å². The highest BCUT2D eigenvalue weighted by Crippen LogP contribution is 2.45. The molecule has 0 fully saturated rings. The van der Waals surface area contributed by atoms with Crippen molar-refractivity contribution >= 4 is 5.57 Å². The van der Waals surface area contributed by atoms with Crippen LogP contribution in [0.4, 0.5) is 0 Å². The van der Waals surface area contributed by atoms with Crippen molar-refractivity contribution in [2.75, 3.05) is 13.7 Å². The summed E-state index contributed by atoms with van der Waals surface area (Å²) in [6.45, 7) is -0.271. The van der Waals surface area contributed by atoms with E-state index in [1.165, 1.54) is 0 Å². The van der Waals surface area contributed by atoms with Gasteiger partial charge in [0.15, 0.2) is 0 Å². The summed E-state index contributed by atoms with van der Waals surface area (Å²) in [5, 5.41) is 30.5. The second kappa shape index (κ2) is 8.37. The predicted molar refractivity (Wildman–Crippen MR) is 104 cm³/mol. The van der Waals surface area contributed by atoms with E-state index >= 15 is 0 Å². The summed E-state index contributed by atoms with van der Waals surface area (Å²) in [5.41, 5.74) is 3.35. The van der Waals surface area contributed by atoms with Crippen molar-refractivity contribution in [1.82, 2.24) is 0 Å². The largest absolute Gasteiger partial charge is 0.497 e. The molecule has 3 rings (SSSR count). The van der Waals surface area contributed by atoms with E-state index in [-0.39, 0.29) is 23.0 Å². The molecule has 140 valence electrons. The monoisotopic (exact) mass is 373 g/mol. The first-order valence-corrected chi connectivity index (χ1v) is 8.97. The van der Waals surface area contributed by atoms with Crippen molar-refractivity contribution in [2.45, 2.75) is 18.8 Å².